The van der Waals surface area contributed by atoms with Gasteiger partial charge < -0.3 is 10.4 Å². The van der Waals surface area contributed by atoms with E-state index in [2.05, 4.69) is 26.2 Å². The zero-order chi connectivity index (χ0) is 16.6. The topological polar surface area (TPSA) is 84.2 Å². The van der Waals surface area contributed by atoms with Crippen LogP contribution in [0.5, 0.6) is 0 Å². The van der Waals surface area contributed by atoms with Crippen LogP contribution in [-0.2, 0) is 11.3 Å². The minimum Gasteiger partial charge on any atom is -0.391 e. The predicted octanol–water partition coefficient (Wildman–Crippen LogP) is 3.10. The molecule has 0 bridgehead atoms. The third-order valence-corrected chi connectivity index (χ3v) is 6.55. The molecule has 0 amide bonds. The SMILES string of the molecule is Br.Br.O=C(C[C@H]1NCCC[C@@H]1O)Cn1cnc2c(Br)c(Cl)sc2c1=O. The summed E-state index contributed by atoms with van der Waals surface area (Å²) in [5.74, 6) is -0.117. The Morgan fingerprint density at radius 2 is 2.24 bits per heavy atom. The van der Waals surface area contributed by atoms with Crippen LogP contribution in [0.4, 0.5) is 0 Å². The number of aliphatic hydroxyl groups excluding tert-OH is 1. The summed E-state index contributed by atoms with van der Waals surface area (Å²) in [5, 5.41) is 13.0. The first-order chi connectivity index (χ1) is 11.0. The van der Waals surface area contributed by atoms with Crippen LogP contribution in [-0.4, -0.2) is 39.1 Å². The number of nitrogens with zero attached hydrogens (tertiary/aromatic N) is 2. The Morgan fingerprint density at radius 3 is 2.92 bits per heavy atom. The van der Waals surface area contributed by atoms with Gasteiger partial charge in [-0.3, -0.25) is 14.2 Å². The number of fused-ring (bicyclic) bond motifs is 1. The van der Waals surface area contributed by atoms with Crippen molar-refractivity contribution in [2.45, 2.75) is 38.0 Å². The number of piperidine rings is 1. The van der Waals surface area contributed by atoms with Gasteiger partial charge in [-0.05, 0) is 35.3 Å². The zero-order valence-corrected chi connectivity index (χ0v) is 19.5. The van der Waals surface area contributed by atoms with E-state index in [0.29, 0.717) is 25.4 Å². The zero-order valence-electron chi connectivity index (χ0n) is 12.9. The third kappa shape index (κ3) is 5.12. The maximum absolute atomic E-state index is 12.4. The number of carbonyl (C=O) groups excluding carboxylic acids is 1. The molecule has 140 valence electrons. The Balaban J connectivity index is 0.00000156. The van der Waals surface area contributed by atoms with Crippen LogP contribution < -0.4 is 10.9 Å². The summed E-state index contributed by atoms with van der Waals surface area (Å²) in [7, 11) is 0. The van der Waals surface area contributed by atoms with Crippen molar-refractivity contribution in [3.8, 4) is 0 Å². The number of hydrogen-bond acceptors (Lipinski definition) is 6. The second-order valence-electron chi connectivity index (χ2n) is 5.56. The lowest BCUT2D eigenvalue weighted by molar-refractivity contribution is -0.121. The van der Waals surface area contributed by atoms with Crippen LogP contribution in [0.25, 0.3) is 10.2 Å². The fourth-order valence-electron chi connectivity index (χ4n) is 2.70. The summed E-state index contributed by atoms with van der Waals surface area (Å²) in [6.07, 6.45) is 2.64. The van der Waals surface area contributed by atoms with Gasteiger partial charge in [0.05, 0.1) is 23.4 Å². The molecule has 0 aliphatic carbocycles. The molecule has 1 saturated heterocycles. The van der Waals surface area contributed by atoms with E-state index in [-0.39, 0.29) is 64.3 Å². The molecular formula is C14H17Br3ClN3O3S. The lowest BCUT2D eigenvalue weighted by Gasteiger charge is -2.28. The van der Waals surface area contributed by atoms with E-state index in [1.807, 2.05) is 0 Å². The number of thiophene rings is 1. The van der Waals surface area contributed by atoms with Gasteiger partial charge in [-0.25, -0.2) is 4.98 Å². The van der Waals surface area contributed by atoms with Gasteiger partial charge in [-0.1, -0.05) is 11.6 Å². The summed E-state index contributed by atoms with van der Waals surface area (Å²) in [6.45, 7) is 0.740. The first kappa shape index (κ1) is 23.2. The van der Waals surface area contributed by atoms with Crippen LogP contribution in [0.15, 0.2) is 15.6 Å². The number of nitrogens with one attached hydrogen (secondary N) is 1. The smallest absolute Gasteiger partial charge is 0.271 e. The Bertz CT molecular complexity index is 814. The third-order valence-electron chi connectivity index (χ3n) is 3.91. The second kappa shape index (κ2) is 9.91. The molecule has 25 heavy (non-hydrogen) atoms. The number of Topliss-reactive ketones (excluding diaryl/α,β-unsaturated/α-hetero) is 1. The molecule has 3 rings (SSSR count). The van der Waals surface area contributed by atoms with Crippen LogP contribution in [0.1, 0.15) is 19.3 Å². The molecule has 2 aromatic rings. The highest BCUT2D eigenvalue weighted by atomic mass is 79.9. The molecule has 11 heteroatoms. The lowest BCUT2D eigenvalue weighted by atomic mass is 9.97. The Hall–Kier alpha value is 0.160. The van der Waals surface area contributed by atoms with E-state index in [1.54, 1.807) is 0 Å². The monoisotopic (exact) mass is 579 g/mol. The normalized spacial score (nSPS) is 20.0. The van der Waals surface area contributed by atoms with Crippen LogP contribution in [0.2, 0.25) is 4.34 Å². The van der Waals surface area contributed by atoms with Crippen molar-refractivity contribution >= 4 is 88.8 Å². The van der Waals surface area contributed by atoms with E-state index in [4.69, 9.17) is 11.6 Å². The fourth-order valence-corrected chi connectivity index (χ4v) is 4.52. The number of ketones is 1. The van der Waals surface area contributed by atoms with Crippen molar-refractivity contribution in [1.82, 2.24) is 14.9 Å². The van der Waals surface area contributed by atoms with Crippen molar-refractivity contribution in [1.29, 1.82) is 0 Å². The average molecular weight is 583 g/mol. The van der Waals surface area contributed by atoms with Gasteiger partial charge in [0.25, 0.3) is 5.56 Å². The quantitative estimate of drug-likeness (QED) is 0.579. The molecule has 1 aliphatic heterocycles. The van der Waals surface area contributed by atoms with Gasteiger partial charge in [0.15, 0.2) is 5.78 Å². The maximum Gasteiger partial charge on any atom is 0.271 e. The Kier molecular flexibility index (Phi) is 9.20. The van der Waals surface area contributed by atoms with Crippen molar-refractivity contribution < 1.29 is 9.90 Å². The van der Waals surface area contributed by atoms with E-state index in [1.165, 1.54) is 10.9 Å². The van der Waals surface area contributed by atoms with Gasteiger partial charge >= 0.3 is 0 Å². The molecule has 0 unspecified atom stereocenters. The van der Waals surface area contributed by atoms with E-state index < -0.39 is 6.10 Å². The van der Waals surface area contributed by atoms with Crippen LogP contribution in [0, 0.1) is 0 Å². The molecular weight excluding hydrogens is 565 g/mol. The molecule has 0 aromatic carbocycles. The molecule has 6 nitrogen and oxygen atoms in total. The molecule has 2 aromatic heterocycles. The van der Waals surface area contributed by atoms with Crippen molar-refractivity contribution in [2.75, 3.05) is 6.54 Å². The van der Waals surface area contributed by atoms with Gasteiger partial charge in [-0.2, -0.15) is 0 Å². The number of aliphatic hydroxyl groups is 1. The first-order valence-corrected chi connectivity index (χ1v) is 9.22. The van der Waals surface area contributed by atoms with Gasteiger partial charge in [0.2, 0.25) is 0 Å². The molecule has 1 fully saturated rings. The first-order valence-electron chi connectivity index (χ1n) is 7.23. The summed E-state index contributed by atoms with van der Waals surface area (Å²) < 4.78 is 2.78. The fraction of sp³-hybridized carbons (Fsp3) is 0.500. The molecule has 3 heterocycles. The Labute approximate surface area is 182 Å². The van der Waals surface area contributed by atoms with Crippen molar-refractivity contribution in [3.63, 3.8) is 0 Å². The number of rotatable bonds is 4. The maximum atomic E-state index is 12.4. The summed E-state index contributed by atoms with van der Waals surface area (Å²) in [5.41, 5.74) is 0.233. The molecule has 2 atom stereocenters. The summed E-state index contributed by atoms with van der Waals surface area (Å²) >= 11 is 10.4. The standard InChI is InChI=1S/C14H15BrClN3O3S.2BrH/c15-10-11-12(23-13(10)16)14(22)19(6-18-11)5-7(20)4-8-9(21)2-1-3-17-8;;/h6,8-9,17,21H,1-5H2;2*1H/t8-,9+;;/m1../s1. The molecule has 2 N–H and O–H groups in total. The van der Waals surface area contributed by atoms with Gasteiger partial charge in [0.1, 0.15) is 14.6 Å². The number of aromatic nitrogens is 2. The largest absolute Gasteiger partial charge is 0.391 e. The molecule has 0 spiro atoms. The van der Waals surface area contributed by atoms with Gasteiger partial charge in [-0.15, -0.1) is 45.3 Å². The second-order valence-corrected chi connectivity index (χ2v) is 7.97. The average Bonchev–Trinajstić information content (AvgIpc) is 2.81. The van der Waals surface area contributed by atoms with Crippen molar-refractivity contribution in [2.24, 2.45) is 0 Å². The van der Waals surface area contributed by atoms with Crippen LogP contribution >= 0.6 is 72.8 Å². The molecule has 1 aliphatic rings. The number of carbonyl (C=O) groups is 1. The Morgan fingerprint density at radius 1 is 1.52 bits per heavy atom. The number of hydrogen-bond donors (Lipinski definition) is 2. The summed E-state index contributed by atoms with van der Waals surface area (Å²) in [4.78, 5) is 28.8. The van der Waals surface area contributed by atoms with Gasteiger partial charge in [0, 0.05) is 12.5 Å². The van der Waals surface area contributed by atoms with Crippen LogP contribution in [0.3, 0.4) is 0 Å². The number of halogens is 4. The van der Waals surface area contributed by atoms with Crippen molar-refractivity contribution in [3.05, 3.63) is 25.5 Å². The molecule has 0 radical (unpaired) electrons. The predicted molar refractivity (Wildman–Crippen MR) is 114 cm³/mol. The van der Waals surface area contributed by atoms with E-state index in [9.17, 15) is 14.7 Å². The van der Waals surface area contributed by atoms with E-state index >= 15 is 0 Å². The highest BCUT2D eigenvalue weighted by Crippen LogP contribution is 2.35. The lowest BCUT2D eigenvalue weighted by Crippen LogP contribution is -2.46. The minimum absolute atomic E-state index is 0. The highest BCUT2D eigenvalue weighted by Gasteiger charge is 2.25. The summed E-state index contributed by atoms with van der Waals surface area (Å²) in [6, 6.07) is -0.242. The van der Waals surface area contributed by atoms with E-state index in [0.717, 1.165) is 24.3 Å². The minimum atomic E-state index is -0.517. The highest BCUT2D eigenvalue weighted by molar-refractivity contribution is 9.10. The molecule has 0 saturated carbocycles.